The maximum Gasteiger partial charge on any atom is 0.490 e. The Morgan fingerprint density at radius 1 is 1.62 bits per heavy atom. The monoisotopic (exact) mass is 176 g/mol. The summed E-state index contributed by atoms with van der Waals surface area (Å²) < 4.78 is 0. The lowest BCUT2D eigenvalue weighted by Crippen LogP contribution is -2.34. The molecule has 0 amide bonds. The first-order valence-corrected chi connectivity index (χ1v) is 3.40. The Labute approximate surface area is 74.4 Å². The summed E-state index contributed by atoms with van der Waals surface area (Å²) in [5.74, 6) is 0. The van der Waals surface area contributed by atoms with Crippen LogP contribution in [0, 0.1) is 11.3 Å². The largest absolute Gasteiger partial charge is 0.490 e. The molecule has 1 aromatic heterocycles. The number of hydrogen-bond donors (Lipinski definition) is 2. The molecule has 0 aliphatic rings. The number of aldehydes is 1. The molecule has 2 N–H and O–H groups in total. The molecule has 64 valence electrons. The number of aromatic nitrogens is 1. The van der Waals surface area contributed by atoms with Gasteiger partial charge in [-0.1, -0.05) is 0 Å². The average Bonchev–Trinajstić information content (AvgIpc) is 2.16. The van der Waals surface area contributed by atoms with Crippen LogP contribution in [0.1, 0.15) is 16.1 Å². The Bertz CT molecular complexity index is 372. The highest BCUT2D eigenvalue weighted by Crippen LogP contribution is 1.95. The van der Waals surface area contributed by atoms with E-state index in [1.807, 2.05) is 0 Å². The second-order valence-electron chi connectivity index (χ2n) is 2.30. The number of hydrogen-bond acceptors (Lipinski definition) is 5. The molecule has 0 aliphatic carbocycles. The van der Waals surface area contributed by atoms with E-state index >= 15 is 0 Å². The van der Waals surface area contributed by atoms with E-state index < -0.39 is 7.12 Å². The molecule has 5 nitrogen and oxygen atoms in total. The van der Waals surface area contributed by atoms with Gasteiger partial charge in [0.15, 0.2) is 6.29 Å². The highest BCUT2D eigenvalue weighted by molar-refractivity contribution is 6.59. The van der Waals surface area contributed by atoms with Crippen LogP contribution < -0.4 is 5.46 Å². The van der Waals surface area contributed by atoms with Crippen LogP contribution in [0.3, 0.4) is 0 Å². The quantitative estimate of drug-likeness (QED) is 0.420. The molecular formula is C7H5BN2O3. The second kappa shape index (κ2) is 3.80. The van der Waals surface area contributed by atoms with E-state index in [1.165, 1.54) is 12.3 Å². The number of nitrogens with zero attached hydrogens (tertiary/aromatic N) is 2. The third-order valence-electron chi connectivity index (χ3n) is 1.47. The van der Waals surface area contributed by atoms with Gasteiger partial charge in [0.2, 0.25) is 0 Å². The summed E-state index contributed by atoms with van der Waals surface area (Å²) >= 11 is 0. The minimum atomic E-state index is -1.79. The van der Waals surface area contributed by atoms with E-state index in [0.717, 1.165) is 0 Å². The first kappa shape index (κ1) is 9.38. The third-order valence-corrected chi connectivity index (χ3v) is 1.47. The van der Waals surface area contributed by atoms with Crippen LogP contribution in [0.4, 0.5) is 0 Å². The molecular weight excluding hydrogens is 171 g/mol. The zero-order valence-electron chi connectivity index (χ0n) is 6.51. The molecule has 0 spiro atoms. The summed E-state index contributed by atoms with van der Waals surface area (Å²) in [6, 6.07) is 2.98. The normalized spacial score (nSPS) is 9.00. The maximum atomic E-state index is 10.4. The van der Waals surface area contributed by atoms with Crippen LogP contribution in [0.25, 0.3) is 0 Å². The average molecular weight is 176 g/mol. The van der Waals surface area contributed by atoms with Crippen LogP contribution in [0.15, 0.2) is 12.3 Å². The number of carbonyl (C=O) groups is 1. The zero-order valence-corrected chi connectivity index (χ0v) is 6.51. The highest BCUT2D eigenvalue weighted by Gasteiger charge is 2.17. The fourth-order valence-electron chi connectivity index (χ4n) is 0.859. The molecule has 0 saturated heterocycles. The van der Waals surface area contributed by atoms with Gasteiger partial charge in [-0.25, -0.2) is 0 Å². The lowest BCUT2D eigenvalue weighted by molar-refractivity contribution is 0.111. The van der Waals surface area contributed by atoms with Gasteiger partial charge in [0.1, 0.15) is 11.8 Å². The Kier molecular flexibility index (Phi) is 2.74. The van der Waals surface area contributed by atoms with Crippen molar-refractivity contribution in [1.29, 1.82) is 5.26 Å². The summed E-state index contributed by atoms with van der Waals surface area (Å²) in [4.78, 5) is 13.9. The third kappa shape index (κ3) is 1.90. The fourth-order valence-corrected chi connectivity index (χ4v) is 0.859. The summed E-state index contributed by atoms with van der Waals surface area (Å²) in [6.45, 7) is 0. The highest BCUT2D eigenvalue weighted by atomic mass is 16.4. The van der Waals surface area contributed by atoms with Crippen molar-refractivity contribution in [2.24, 2.45) is 0 Å². The Morgan fingerprint density at radius 3 is 2.77 bits per heavy atom. The molecule has 6 heteroatoms. The van der Waals surface area contributed by atoms with Gasteiger partial charge in [-0.3, -0.25) is 9.78 Å². The van der Waals surface area contributed by atoms with Crippen molar-refractivity contribution in [3.8, 4) is 6.07 Å². The molecule has 1 heterocycles. The molecule has 0 radical (unpaired) electrons. The Balaban J connectivity index is 3.27. The van der Waals surface area contributed by atoms with Gasteiger partial charge in [0.05, 0.1) is 5.56 Å². The van der Waals surface area contributed by atoms with Gasteiger partial charge in [0.25, 0.3) is 0 Å². The van der Waals surface area contributed by atoms with E-state index in [-0.39, 0.29) is 16.7 Å². The van der Waals surface area contributed by atoms with Crippen LogP contribution in [0.2, 0.25) is 0 Å². The molecule has 0 aliphatic heterocycles. The predicted octanol–water partition coefficient (Wildman–Crippen LogP) is -1.55. The standard InChI is InChI=1S/C7H5BN2O3/c9-2-5-1-6(8(12)13)7(4-11)10-3-5/h1,3-4,12-13H. The lowest BCUT2D eigenvalue weighted by Gasteiger charge is -2.01. The number of rotatable bonds is 2. The van der Waals surface area contributed by atoms with E-state index in [1.54, 1.807) is 6.07 Å². The molecule has 13 heavy (non-hydrogen) atoms. The van der Waals surface area contributed by atoms with Crippen molar-refractivity contribution < 1.29 is 14.8 Å². The maximum absolute atomic E-state index is 10.4. The van der Waals surface area contributed by atoms with Crippen molar-refractivity contribution in [3.05, 3.63) is 23.5 Å². The second-order valence-corrected chi connectivity index (χ2v) is 2.30. The SMILES string of the molecule is N#Cc1cnc(C=O)c(B(O)O)c1. The van der Waals surface area contributed by atoms with Crippen LogP contribution in [-0.2, 0) is 0 Å². The zero-order chi connectivity index (χ0) is 9.84. The fraction of sp³-hybridized carbons (Fsp3) is 0. The molecule has 0 atom stereocenters. The smallest absolute Gasteiger partial charge is 0.423 e. The van der Waals surface area contributed by atoms with Crippen LogP contribution >= 0.6 is 0 Å². The van der Waals surface area contributed by atoms with Crippen molar-refractivity contribution in [1.82, 2.24) is 4.98 Å². The topological polar surface area (TPSA) is 94.2 Å². The van der Waals surface area contributed by atoms with Gasteiger partial charge in [0, 0.05) is 11.7 Å². The van der Waals surface area contributed by atoms with E-state index in [2.05, 4.69) is 4.98 Å². The van der Waals surface area contributed by atoms with Crippen LogP contribution in [-0.4, -0.2) is 28.4 Å². The summed E-state index contributed by atoms with van der Waals surface area (Å²) in [5, 5.41) is 26.1. The van der Waals surface area contributed by atoms with Crippen molar-refractivity contribution in [2.45, 2.75) is 0 Å². The van der Waals surface area contributed by atoms with Gasteiger partial charge in [-0.05, 0) is 6.07 Å². The predicted molar refractivity (Wildman–Crippen MR) is 44.2 cm³/mol. The number of nitriles is 1. The first-order chi connectivity index (χ1) is 6.19. The van der Waals surface area contributed by atoms with Gasteiger partial charge in [-0.15, -0.1) is 0 Å². The van der Waals surface area contributed by atoms with Gasteiger partial charge < -0.3 is 10.0 Å². The molecule has 0 unspecified atom stereocenters. The Morgan fingerprint density at radius 2 is 2.31 bits per heavy atom. The minimum Gasteiger partial charge on any atom is -0.423 e. The van der Waals surface area contributed by atoms with E-state index in [4.69, 9.17) is 15.3 Å². The Hall–Kier alpha value is -1.71. The lowest BCUT2D eigenvalue weighted by atomic mass is 9.78. The van der Waals surface area contributed by atoms with Crippen LogP contribution in [0.5, 0.6) is 0 Å². The van der Waals surface area contributed by atoms with E-state index in [0.29, 0.717) is 6.29 Å². The van der Waals surface area contributed by atoms with Crippen molar-refractivity contribution >= 4 is 18.9 Å². The molecule has 0 fully saturated rings. The van der Waals surface area contributed by atoms with Crippen molar-refractivity contribution in [3.63, 3.8) is 0 Å². The molecule has 1 aromatic rings. The van der Waals surface area contributed by atoms with Gasteiger partial charge >= 0.3 is 7.12 Å². The first-order valence-electron chi connectivity index (χ1n) is 3.40. The minimum absolute atomic E-state index is 0.0611. The summed E-state index contributed by atoms with van der Waals surface area (Å²) in [7, 11) is -1.79. The molecule has 0 bridgehead atoms. The number of carbonyl (C=O) groups excluding carboxylic acids is 1. The molecule has 1 rings (SSSR count). The molecule has 0 aromatic carbocycles. The summed E-state index contributed by atoms with van der Waals surface area (Å²) in [6.07, 6.45) is 1.59. The molecule has 0 saturated carbocycles. The van der Waals surface area contributed by atoms with E-state index in [9.17, 15) is 4.79 Å². The summed E-state index contributed by atoms with van der Waals surface area (Å²) in [5.41, 5.74) is 0.0387. The number of pyridine rings is 1. The van der Waals surface area contributed by atoms with Gasteiger partial charge in [-0.2, -0.15) is 5.26 Å². The van der Waals surface area contributed by atoms with Crippen molar-refractivity contribution in [2.75, 3.05) is 0 Å².